The van der Waals surface area contributed by atoms with E-state index in [0.29, 0.717) is 19.3 Å². The molecular weight excluding hydrogens is 448 g/mol. The van der Waals surface area contributed by atoms with Gasteiger partial charge in [-0.25, -0.2) is 0 Å². The van der Waals surface area contributed by atoms with E-state index in [2.05, 4.69) is 70.7 Å². The maximum Gasteiger partial charge on any atom is 0.241 e. The molecule has 1 saturated carbocycles. The van der Waals surface area contributed by atoms with Gasteiger partial charge in [-0.1, -0.05) is 48.5 Å². The molecule has 36 heavy (non-hydrogen) atoms. The summed E-state index contributed by atoms with van der Waals surface area (Å²) in [5, 5.41) is 21.7. The molecule has 1 amide bonds. The minimum atomic E-state index is -1.08. The van der Waals surface area contributed by atoms with E-state index in [4.69, 9.17) is 5.73 Å². The number of amides is 1. The van der Waals surface area contributed by atoms with Crippen LogP contribution in [0.2, 0.25) is 0 Å². The topological polar surface area (TPSA) is 109 Å². The number of hydrogen-bond donors (Lipinski definition) is 2. The molecule has 0 aromatic heterocycles. The summed E-state index contributed by atoms with van der Waals surface area (Å²) < 4.78 is 0. The van der Waals surface area contributed by atoms with Crippen molar-refractivity contribution in [2.45, 2.75) is 50.2 Å². The van der Waals surface area contributed by atoms with E-state index in [9.17, 15) is 15.3 Å². The fourth-order valence-electron chi connectivity index (χ4n) is 5.19. The van der Waals surface area contributed by atoms with Gasteiger partial charge in [0.15, 0.2) is 0 Å². The molecule has 188 valence electrons. The van der Waals surface area contributed by atoms with Gasteiger partial charge >= 0.3 is 0 Å². The first-order valence-corrected chi connectivity index (χ1v) is 12.9. The molecular formula is C29H36N6O. The first kappa shape index (κ1) is 25.9. The average molecular weight is 485 g/mol. The zero-order valence-electron chi connectivity index (χ0n) is 21.1. The number of likely N-dealkylation sites (N-methyl/N-ethyl adjacent to an activating group) is 1. The van der Waals surface area contributed by atoms with Gasteiger partial charge in [0.1, 0.15) is 6.04 Å². The van der Waals surface area contributed by atoms with E-state index in [1.165, 1.54) is 5.56 Å². The number of rotatable bonds is 7. The molecule has 2 aromatic carbocycles. The molecule has 0 radical (unpaired) electrons. The second-order valence-electron chi connectivity index (χ2n) is 10.4. The molecule has 0 spiro atoms. The zero-order valence-corrected chi connectivity index (χ0v) is 21.1. The van der Waals surface area contributed by atoms with Crippen LogP contribution < -0.4 is 11.1 Å². The number of nitrogens with one attached hydrogen (secondary N) is 1. The smallest absolute Gasteiger partial charge is 0.241 e. The SMILES string of the molecule is CN1CCN(Cc2ccc(-c3ccc(CC(C#N)NC(=O)C4(N)CCCC(C#N)C4)cc3)cc2)CC1. The summed E-state index contributed by atoms with van der Waals surface area (Å²) in [4.78, 5) is 17.7. The molecule has 4 rings (SSSR count). The molecule has 0 bridgehead atoms. The van der Waals surface area contributed by atoms with Crippen LogP contribution in [0.15, 0.2) is 48.5 Å². The lowest BCUT2D eigenvalue weighted by atomic mass is 9.76. The lowest BCUT2D eigenvalue weighted by molar-refractivity contribution is -0.128. The number of carbonyl (C=O) groups is 1. The Kier molecular flexibility index (Phi) is 8.38. The first-order chi connectivity index (χ1) is 17.4. The Labute approximate surface area is 214 Å². The van der Waals surface area contributed by atoms with Crippen molar-refractivity contribution >= 4 is 5.91 Å². The van der Waals surface area contributed by atoms with Crippen LogP contribution in [0.5, 0.6) is 0 Å². The fraction of sp³-hybridized carbons (Fsp3) is 0.483. The highest BCUT2D eigenvalue weighted by Crippen LogP contribution is 2.30. The number of nitrogens with two attached hydrogens (primary N) is 1. The lowest BCUT2D eigenvalue weighted by Crippen LogP contribution is -2.58. The van der Waals surface area contributed by atoms with Gasteiger partial charge in [0.05, 0.1) is 17.7 Å². The normalized spacial score (nSPS) is 23.8. The monoisotopic (exact) mass is 484 g/mol. The molecule has 2 aromatic rings. The molecule has 7 heteroatoms. The second-order valence-corrected chi connectivity index (χ2v) is 10.4. The van der Waals surface area contributed by atoms with E-state index < -0.39 is 11.6 Å². The Morgan fingerprint density at radius 2 is 1.67 bits per heavy atom. The van der Waals surface area contributed by atoms with Gasteiger partial charge in [-0.3, -0.25) is 9.69 Å². The summed E-state index contributed by atoms with van der Waals surface area (Å²) in [6.45, 7) is 5.44. The van der Waals surface area contributed by atoms with E-state index in [1.54, 1.807) is 0 Å². The molecule has 7 nitrogen and oxygen atoms in total. The minimum absolute atomic E-state index is 0.205. The predicted octanol–water partition coefficient (Wildman–Crippen LogP) is 3.06. The van der Waals surface area contributed by atoms with Crippen LogP contribution in [0.3, 0.4) is 0 Å². The van der Waals surface area contributed by atoms with Crippen LogP contribution in [0.1, 0.15) is 36.8 Å². The van der Waals surface area contributed by atoms with Crippen LogP contribution in [0, 0.1) is 28.6 Å². The quantitative estimate of drug-likeness (QED) is 0.625. The fourth-order valence-corrected chi connectivity index (χ4v) is 5.19. The standard InChI is InChI=1S/C29H36N6O/c1-34-13-15-35(16-14-34)21-23-6-10-26(11-7-23)25-8-4-22(5-9-25)17-27(20-31)33-28(36)29(32)12-2-3-24(18-29)19-30/h4-11,24,27H,2-3,12-18,21,32H2,1H3,(H,33,36). The number of carbonyl (C=O) groups excluding carboxylic acids is 1. The van der Waals surface area contributed by atoms with Gasteiger partial charge in [-0.15, -0.1) is 0 Å². The van der Waals surface area contributed by atoms with Crippen LogP contribution >= 0.6 is 0 Å². The van der Waals surface area contributed by atoms with Gasteiger partial charge in [-0.2, -0.15) is 10.5 Å². The van der Waals surface area contributed by atoms with Crippen molar-refractivity contribution in [2.75, 3.05) is 33.2 Å². The van der Waals surface area contributed by atoms with Crippen molar-refractivity contribution < 1.29 is 4.79 Å². The highest BCUT2D eigenvalue weighted by Gasteiger charge is 2.40. The van der Waals surface area contributed by atoms with Gasteiger partial charge in [0.2, 0.25) is 5.91 Å². The molecule has 1 aliphatic carbocycles. The molecule has 3 unspecified atom stereocenters. The highest BCUT2D eigenvalue weighted by molar-refractivity contribution is 5.86. The lowest BCUT2D eigenvalue weighted by Gasteiger charge is -2.34. The van der Waals surface area contributed by atoms with Crippen molar-refractivity contribution in [3.63, 3.8) is 0 Å². The average Bonchev–Trinajstić information content (AvgIpc) is 2.90. The number of nitriles is 2. The van der Waals surface area contributed by atoms with Gasteiger partial charge in [0.25, 0.3) is 0 Å². The van der Waals surface area contributed by atoms with Gasteiger partial charge in [-0.05, 0) is 55.0 Å². The minimum Gasteiger partial charge on any atom is -0.338 e. The summed E-state index contributed by atoms with van der Waals surface area (Å²) in [5.74, 6) is -0.536. The third-order valence-electron chi connectivity index (χ3n) is 7.57. The molecule has 2 fully saturated rings. The molecule has 1 saturated heterocycles. The third-order valence-corrected chi connectivity index (χ3v) is 7.57. The molecule has 2 aliphatic rings. The summed E-state index contributed by atoms with van der Waals surface area (Å²) >= 11 is 0. The predicted molar refractivity (Wildman–Crippen MR) is 140 cm³/mol. The van der Waals surface area contributed by atoms with Crippen LogP contribution in [-0.2, 0) is 17.8 Å². The Bertz CT molecular complexity index is 1110. The molecule has 3 N–H and O–H groups in total. The van der Waals surface area contributed by atoms with Crippen LogP contribution in [0.4, 0.5) is 0 Å². The number of piperazine rings is 1. The number of benzene rings is 2. The summed E-state index contributed by atoms with van der Waals surface area (Å²) in [6, 6.07) is 20.6. The molecule has 3 atom stereocenters. The highest BCUT2D eigenvalue weighted by atomic mass is 16.2. The molecule has 1 aliphatic heterocycles. The maximum atomic E-state index is 12.8. The number of nitrogens with zero attached hydrogens (tertiary/aromatic N) is 4. The van der Waals surface area contributed by atoms with Crippen molar-refractivity contribution in [3.8, 4) is 23.3 Å². The Balaban J connectivity index is 1.32. The Morgan fingerprint density at radius 1 is 1.06 bits per heavy atom. The van der Waals surface area contributed by atoms with Crippen molar-refractivity contribution in [1.29, 1.82) is 10.5 Å². The summed E-state index contributed by atoms with van der Waals surface area (Å²) in [7, 11) is 2.17. The van der Waals surface area contributed by atoms with E-state index in [1.807, 2.05) is 12.1 Å². The Hall–Kier alpha value is -3.23. The number of hydrogen-bond acceptors (Lipinski definition) is 6. The van der Waals surface area contributed by atoms with Gasteiger partial charge < -0.3 is 16.0 Å². The van der Waals surface area contributed by atoms with Crippen LogP contribution in [0.25, 0.3) is 11.1 Å². The third kappa shape index (κ3) is 6.50. The van der Waals surface area contributed by atoms with Crippen molar-refractivity contribution in [1.82, 2.24) is 15.1 Å². The second kappa shape index (κ2) is 11.7. The van der Waals surface area contributed by atoms with Crippen LogP contribution in [-0.4, -0.2) is 60.5 Å². The van der Waals surface area contributed by atoms with Crippen molar-refractivity contribution in [2.24, 2.45) is 11.7 Å². The van der Waals surface area contributed by atoms with E-state index >= 15 is 0 Å². The zero-order chi connectivity index (χ0) is 25.5. The first-order valence-electron chi connectivity index (χ1n) is 12.9. The molecule has 1 heterocycles. The Morgan fingerprint density at radius 3 is 2.25 bits per heavy atom. The maximum absolute atomic E-state index is 12.8. The summed E-state index contributed by atoms with van der Waals surface area (Å²) in [5.41, 5.74) is 9.84. The van der Waals surface area contributed by atoms with Crippen molar-refractivity contribution in [3.05, 3.63) is 59.7 Å². The largest absolute Gasteiger partial charge is 0.338 e. The summed E-state index contributed by atoms with van der Waals surface area (Å²) in [6.07, 6.45) is 2.81. The van der Waals surface area contributed by atoms with Gasteiger partial charge in [0, 0.05) is 45.1 Å². The van der Waals surface area contributed by atoms with E-state index in [-0.39, 0.29) is 11.8 Å². The van der Waals surface area contributed by atoms with E-state index in [0.717, 1.165) is 62.3 Å².